The smallest absolute Gasteiger partial charge is 0.253 e. The van der Waals surface area contributed by atoms with Gasteiger partial charge in [-0.05, 0) is 6.07 Å². The first-order valence-corrected chi connectivity index (χ1v) is 5.35. The summed E-state index contributed by atoms with van der Waals surface area (Å²) < 4.78 is 0. The van der Waals surface area contributed by atoms with Crippen LogP contribution in [-0.4, -0.2) is 41.2 Å². The van der Waals surface area contributed by atoms with Crippen molar-refractivity contribution in [2.24, 2.45) is 0 Å². The molecule has 1 aliphatic rings. The van der Waals surface area contributed by atoms with Gasteiger partial charge < -0.3 is 15.7 Å². The number of halogens is 2. The molecule has 17 heavy (non-hydrogen) atoms. The summed E-state index contributed by atoms with van der Waals surface area (Å²) in [5.41, 5.74) is 0.395. The molecule has 1 aromatic rings. The Morgan fingerprint density at radius 2 is 2.29 bits per heavy atom. The number of hydrogen-bond acceptors (Lipinski definition) is 4. The van der Waals surface area contributed by atoms with Gasteiger partial charge >= 0.3 is 0 Å². The van der Waals surface area contributed by atoms with E-state index in [1.807, 2.05) is 0 Å². The topological polar surface area (TPSA) is 74.2 Å². The van der Waals surface area contributed by atoms with Crippen LogP contribution in [0.1, 0.15) is 10.4 Å². The second kappa shape index (κ2) is 6.16. The van der Waals surface area contributed by atoms with Crippen LogP contribution in [-0.2, 0) is 0 Å². The van der Waals surface area contributed by atoms with Crippen LogP contribution in [0, 0.1) is 0 Å². The van der Waals surface area contributed by atoms with Crippen molar-refractivity contribution >= 4 is 29.9 Å². The molecule has 1 aliphatic heterocycles. The molecule has 0 radical (unpaired) electrons. The summed E-state index contributed by atoms with van der Waals surface area (Å²) in [6.45, 7) is 1.07. The average Bonchev–Trinajstić information content (AvgIpc) is 2.64. The van der Waals surface area contributed by atoms with Gasteiger partial charge in [0.1, 0.15) is 0 Å². The van der Waals surface area contributed by atoms with Gasteiger partial charge in [-0.15, -0.1) is 12.4 Å². The number of β-amino-alcohol motifs (C(OH)–C–C–N with tert-alkyl or cyclic N) is 1. The van der Waals surface area contributed by atoms with Crippen LogP contribution < -0.4 is 10.6 Å². The van der Waals surface area contributed by atoms with Gasteiger partial charge in [0.15, 0.2) is 0 Å². The minimum atomic E-state index is -0.545. The number of pyridine rings is 1. The van der Waals surface area contributed by atoms with E-state index in [1.54, 1.807) is 6.07 Å². The maximum Gasteiger partial charge on any atom is 0.253 e. The molecular weight excluding hydrogens is 265 g/mol. The highest BCUT2D eigenvalue weighted by molar-refractivity contribution is 6.30. The van der Waals surface area contributed by atoms with E-state index in [4.69, 9.17) is 11.6 Å². The lowest BCUT2D eigenvalue weighted by Gasteiger charge is -2.15. The third kappa shape index (κ3) is 3.54. The highest BCUT2D eigenvalue weighted by Crippen LogP contribution is 2.09. The van der Waals surface area contributed by atoms with Gasteiger partial charge in [0.2, 0.25) is 0 Å². The van der Waals surface area contributed by atoms with Crippen molar-refractivity contribution in [1.29, 1.82) is 0 Å². The summed E-state index contributed by atoms with van der Waals surface area (Å²) >= 11 is 5.73. The third-order valence-corrected chi connectivity index (χ3v) is 2.67. The van der Waals surface area contributed by atoms with Crippen molar-refractivity contribution in [2.45, 2.75) is 12.1 Å². The van der Waals surface area contributed by atoms with Gasteiger partial charge in [-0.25, -0.2) is 0 Å². The Balaban J connectivity index is 0.00000144. The molecule has 1 aromatic heterocycles. The Hall–Kier alpha value is -0.880. The maximum atomic E-state index is 11.7. The summed E-state index contributed by atoms with van der Waals surface area (Å²) in [5, 5.41) is 15.6. The van der Waals surface area contributed by atoms with Gasteiger partial charge in [0.25, 0.3) is 5.91 Å². The highest BCUT2D eigenvalue weighted by atomic mass is 35.5. The Kier molecular flexibility index (Phi) is 5.14. The number of carbonyl (C=O) groups excluding carboxylic acids is 1. The fourth-order valence-electron chi connectivity index (χ4n) is 1.60. The Bertz CT molecular complexity index is 403. The van der Waals surface area contributed by atoms with E-state index in [-0.39, 0.29) is 24.4 Å². The van der Waals surface area contributed by atoms with Crippen molar-refractivity contribution in [1.82, 2.24) is 15.6 Å². The summed E-state index contributed by atoms with van der Waals surface area (Å²) in [4.78, 5) is 15.6. The molecule has 2 rings (SSSR count). The fraction of sp³-hybridized carbons (Fsp3) is 0.400. The van der Waals surface area contributed by atoms with Crippen LogP contribution in [0.5, 0.6) is 0 Å². The molecule has 0 aliphatic carbocycles. The molecule has 1 fully saturated rings. The first-order valence-electron chi connectivity index (χ1n) is 4.97. The number of carbonyl (C=O) groups is 1. The van der Waals surface area contributed by atoms with Crippen LogP contribution in [0.15, 0.2) is 18.5 Å². The minimum Gasteiger partial charge on any atom is -0.390 e. The Morgan fingerprint density at radius 1 is 1.53 bits per heavy atom. The molecule has 0 saturated carbocycles. The van der Waals surface area contributed by atoms with Crippen molar-refractivity contribution in [2.75, 3.05) is 13.1 Å². The third-order valence-electron chi connectivity index (χ3n) is 2.47. The molecule has 7 heteroatoms. The molecule has 3 N–H and O–H groups in total. The Morgan fingerprint density at radius 3 is 2.88 bits per heavy atom. The van der Waals surface area contributed by atoms with Gasteiger partial charge in [-0.1, -0.05) is 11.6 Å². The van der Waals surface area contributed by atoms with Gasteiger partial charge in [0.05, 0.1) is 22.7 Å². The van der Waals surface area contributed by atoms with E-state index in [0.717, 1.165) is 0 Å². The summed E-state index contributed by atoms with van der Waals surface area (Å²) in [6, 6.07) is 1.28. The lowest BCUT2D eigenvalue weighted by atomic mass is 10.2. The number of rotatable bonds is 2. The highest BCUT2D eigenvalue weighted by Gasteiger charge is 2.26. The molecule has 2 heterocycles. The first kappa shape index (κ1) is 14.2. The van der Waals surface area contributed by atoms with Crippen LogP contribution in [0.4, 0.5) is 0 Å². The number of nitrogens with zero attached hydrogens (tertiary/aromatic N) is 1. The fourth-order valence-corrected chi connectivity index (χ4v) is 1.77. The zero-order valence-corrected chi connectivity index (χ0v) is 10.5. The van der Waals surface area contributed by atoms with Crippen LogP contribution in [0.25, 0.3) is 0 Å². The number of nitrogens with one attached hydrogen (secondary N) is 2. The molecule has 0 aromatic carbocycles. The number of aromatic nitrogens is 1. The molecule has 0 spiro atoms. The lowest BCUT2D eigenvalue weighted by Crippen LogP contribution is -2.42. The van der Waals surface area contributed by atoms with Crippen LogP contribution in [0.3, 0.4) is 0 Å². The lowest BCUT2D eigenvalue weighted by molar-refractivity contribution is 0.0888. The van der Waals surface area contributed by atoms with E-state index < -0.39 is 6.10 Å². The predicted molar refractivity (Wildman–Crippen MR) is 66.6 cm³/mol. The van der Waals surface area contributed by atoms with Gasteiger partial charge in [-0.3, -0.25) is 9.78 Å². The van der Waals surface area contributed by atoms with E-state index in [2.05, 4.69) is 15.6 Å². The number of aliphatic hydroxyl groups excluding tert-OH is 1. The molecule has 94 valence electrons. The second-order valence-corrected chi connectivity index (χ2v) is 4.13. The van der Waals surface area contributed by atoms with Gasteiger partial charge in [0, 0.05) is 25.5 Å². The molecule has 1 saturated heterocycles. The van der Waals surface area contributed by atoms with E-state index in [0.29, 0.717) is 23.7 Å². The molecule has 0 bridgehead atoms. The zero-order valence-electron chi connectivity index (χ0n) is 8.89. The monoisotopic (exact) mass is 277 g/mol. The van der Waals surface area contributed by atoms with Crippen LogP contribution >= 0.6 is 24.0 Å². The van der Waals surface area contributed by atoms with Crippen molar-refractivity contribution < 1.29 is 9.90 Å². The first-order chi connectivity index (χ1) is 7.66. The average molecular weight is 278 g/mol. The molecule has 2 atom stereocenters. The predicted octanol–water partition coefficient (Wildman–Crippen LogP) is 0.219. The maximum absolute atomic E-state index is 11.7. The van der Waals surface area contributed by atoms with Crippen molar-refractivity contribution in [3.05, 3.63) is 29.0 Å². The normalized spacial score (nSPS) is 22.9. The van der Waals surface area contributed by atoms with Crippen LogP contribution in [0.2, 0.25) is 5.02 Å². The summed E-state index contributed by atoms with van der Waals surface area (Å²) in [5.74, 6) is -0.275. The van der Waals surface area contributed by atoms with Crippen molar-refractivity contribution in [3.63, 3.8) is 0 Å². The Labute approximate surface area is 110 Å². The van der Waals surface area contributed by atoms with E-state index >= 15 is 0 Å². The summed E-state index contributed by atoms with van der Waals surface area (Å²) in [7, 11) is 0. The van der Waals surface area contributed by atoms with Gasteiger partial charge in [-0.2, -0.15) is 0 Å². The SMILES string of the molecule is Cl.O=C(N[C@@H]1CNC[C@H]1O)c1cncc(Cl)c1. The molecule has 0 unspecified atom stereocenters. The molecule has 1 amide bonds. The number of aliphatic hydroxyl groups is 1. The zero-order chi connectivity index (χ0) is 11.5. The van der Waals surface area contributed by atoms with E-state index in [9.17, 15) is 9.90 Å². The summed E-state index contributed by atoms with van der Waals surface area (Å²) in [6.07, 6.45) is 2.36. The largest absolute Gasteiger partial charge is 0.390 e. The van der Waals surface area contributed by atoms with E-state index in [1.165, 1.54) is 12.4 Å². The van der Waals surface area contributed by atoms with Crippen molar-refractivity contribution in [3.8, 4) is 0 Å². The molecular formula is C10H13Cl2N3O2. The second-order valence-electron chi connectivity index (χ2n) is 3.70. The standard InChI is InChI=1S/C10H12ClN3O2.ClH/c11-7-1-6(2-12-3-7)10(16)14-8-4-13-5-9(8)15;/h1-3,8-9,13,15H,4-5H2,(H,14,16);1H/t8-,9-;/m1./s1. The number of hydrogen-bond donors (Lipinski definition) is 3. The molecule has 5 nitrogen and oxygen atoms in total. The minimum absolute atomic E-state index is 0. The quantitative estimate of drug-likeness (QED) is 0.723. The number of amides is 1.